The van der Waals surface area contributed by atoms with Crippen molar-refractivity contribution in [3.63, 3.8) is 0 Å². The first kappa shape index (κ1) is 12.8. The predicted octanol–water partition coefficient (Wildman–Crippen LogP) is 2.93. The predicted molar refractivity (Wildman–Crippen MR) is 68.2 cm³/mol. The summed E-state index contributed by atoms with van der Waals surface area (Å²) in [5.41, 5.74) is 7.06. The van der Waals surface area contributed by atoms with Crippen molar-refractivity contribution in [2.75, 3.05) is 7.11 Å². The Hall–Kier alpha value is -1.65. The van der Waals surface area contributed by atoms with Crippen LogP contribution in [0.4, 0.5) is 4.39 Å². The lowest BCUT2D eigenvalue weighted by atomic mass is 10.0. The second-order valence-corrected chi connectivity index (χ2v) is 4.24. The summed E-state index contributed by atoms with van der Waals surface area (Å²) in [4.78, 5) is 4.00. The van der Waals surface area contributed by atoms with E-state index >= 15 is 0 Å². The van der Waals surface area contributed by atoms with Crippen LogP contribution < -0.4 is 10.5 Å². The zero-order valence-corrected chi connectivity index (χ0v) is 10.5. The highest BCUT2D eigenvalue weighted by atomic mass is 35.5. The molecular weight excluding hydrogens is 255 g/mol. The van der Waals surface area contributed by atoms with Gasteiger partial charge in [0.15, 0.2) is 0 Å². The average Bonchev–Trinajstić information content (AvgIpc) is 2.38. The Kier molecular flexibility index (Phi) is 3.79. The van der Waals surface area contributed by atoms with Crippen LogP contribution in [0.15, 0.2) is 36.7 Å². The molecule has 1 unspecified atom stereocenters. The summed E-state index contributed by atoms with van der Waals surface area (Å²) in [5, 5.41) is 0.340. The number of nitrogens with zero attached hydrogens (tertiary/aromatic N) is 1. The van der Waals surface area contributed by atoms with Crippen LogP contribution in [0.1, 0.15) is 17.2 Å². The van der Waals surface area contributed by atoms with E-state index in [0.29, 0.717) is 21.9 Å². The van der Waals surface area contributed by atoms with Crippen LogP contribution in [0.5, 0.6) is 5.75 Å². The molecule has 1 aromatic heterocycles. The van der Waals surface area contributed by atoms with E-state index in [9.17, 15) is 4.39 Å². The molecule has 2 N–H and O–H groups in total. The molecule has 5 heteroatoms. The van der Waals surface area contributed by atoms with E-state index in [4.69, 9.17) is 22.1 Å². The van der Waals surface area contributed by atoms with Crippen molar-refractivity contribution in [1.82, 2.24) is 4.98 Å². The van der Waals surface area contributed by atoms with Crippen molar-refractivity contribution < 1.29 is 9.13 Å². The highest BCUT2D eigenvalue weighted by Crippen LogP contribution is 2.25. The van der Waals surface area contributed by atoms with Gasteiger partial charge in [-0.15, -0.1) is 0 Å². The first-order valence-corrected chi connectivity index (χ1v) is 5.69. The van der Waals surface area contributed by atoms with Crippen molar-refractivity contribution >= 4 is 11.6 Å². The highest BCUT2D eigenvalue weighted by molar-refractivity contribution is 6.30. The Bertz CT molecular complexity index is 562. The fourth-order valence-electron chi connectivity index (χ4n) is 1.65. The van der Waals surface area contributed by atoms with Crippen molar-refractivity contribution in [2.24, 2.45) is 5.73 Å². The Morgan fingerprint density at radius 3 is 2.78 bits per heavy atom. The first-order valence-electron chi connectivity index (χ1n) is 5.31. The van der Waals surface area contributed by atoms with Crippen LogP contribution in [0, 0.1) is 5.82 Å². The van der Waals surface area contributed by atoms with Gasteiger partial charge in [0.05, 0.1) is 19.3 Å². The molecule has 2 rings (SSSR count). The molecule has 0 saturated heterocycles. The van der Waals surface area contributed by atoms with Gasteiger partial charge in [-0.05, 0) is 23.8 Å². The molecule has 0 aliphatic heterocycles. The van der Waals surface area contributed by atoms with Crippen molar-refractivity contribution in [1.29, 1.82) is 0 Å². The number of hydrogen-bond acceptors (Lipinski definition) is 3. The molecule has 0 saturated carbocycles. The molecule has 0 bridgehead atoms. The zero-order chi connectivity index (χ0) is 13.1. The van der Waals surface area contributed by atoms with E-state index < -0.39 is 11.9 Å². The lowest BCUT2D eigenvalue weighted by molar-refractivity contribution is 0.412. The number of methoxy groups -OCH3 is 1. The minimum absolute atomic E-state index is 0.340. The normalized spacial score (nSPS) is 12.2. The van der Waals surface area contributed by atoms with Gasteiger partial charge in [0.25, 0.3) is 0 Å². The Labute approximate surface area is 109 Å². The van der Waals surface area contributed by atoms with Crippen molar-refractivity contribution in [3.05, 3.63) is 58.6 Å². The minimum Gasteiger partial charge on any atom is -0.495 e. The van der Waals surface area contributed by atoms with Gasteiger partial charge in [0, 0.05) is 16.8 Å². The number of ether oxygens (including phenoxy) is 1. The van der Waals surface area contributed by atoms with E-state index in [-0.39, 0.29) is 0 Å². The monoisotopic (exact) mass is 266 g/mol. The molecule has 1 heterocycles. The quantitative estimate of drug-likeness (QED) is 0.929. The van der Waals surface area contributed by atoms with Gasteiger partial charge >= 0.3 is 0 Å². The van der Waals surface area contributed by atoms with E-state index in [0.717, 1.165) is 0 Å². The molecule has 0 aliphatic rings. The summed E-state index contributed by atoms with van der Waals surface area (Å²) < 4.78 is 18.8. The number of rotatable bonds is 3. The lowest BCUT2D eigenvalue weighted by Crippen LogP contribution is -2.14. The molecule has 1 aromatic carbocycles. The van der Waals surface area contributed by atoms with Crippen LogP contribution in [0.3, 0.4) is 0 Å². The third kappa shape index (κ3) is 2.60. The summed E-state index contributed by atoms with van der Waals surface area (Å²) in [7, 11) is 1.54. The van der Waals surface area contributed by atoms with Gasteiger partial charge in [-0.1, -0.05) is 17.7 Å². The Morgan fingerprint density at radius 1 is 1.33 bits per heavy atom. The fourth-order valence-corrected chi connectivity index (χ4v) is 1.81. The second kappa shape index (κ2) is 5.33. The molecule has 0 fully saturated rings. The largest absolute Gasteiger partial charge is 0.495 e. The van der Waals surface area contributed by atoms with Crippen LogP contribution in [-0.2, 0) is 0 Å². The van der Waals surface area contributed by atoms with Gasteiger partial charge in [-0.2, -0.15) is 0 Å². The van der Waals surface area contributed by atoms with Crippen LogP contribution in [0.2, 0.25) is 5.02 Å². The molecule has 0 radical (unpaired) electrons. The summed E-state index contributed by atoms with van der Waals surface area (Å²) >= 11 is 5.70. The standard InChI is InChI=1S/C13H12ClFN2O/c1-18-10-4-8(6-17-7-10)13(16)11-3-2-9(14)5-12(11)15/h2-7,13H,16H2,1H3. The number of pyridine rings is 1. The van der Waals surface area contributed by atoms with Gasteiger partial charge in [0.2, 0.25) is 0 Å². The maximum absolute atomic E-state index is 13.8. The smallest absolute Gasteiger partial charge is 0.137 e. The third-order valence-electron chi connectivity index (χ3n) is 2.63. The summed E-state index contributed by atoms with van der Waals surface area (Å²) in [6, 6.07) is 5.54. The SMILES string of the molecule is COc1cncc(C(N)c2ccc(Cl)cc2F)c1. The van der Waals surface area contributed by atoms with Crippen LogP contribution >= 0.6 is 11.6 Å². The molecule has 2 aromatic rings. The van der Waals surface area contributed by atoms with Gasteiger partial charge in [-0.25, -0.2) is 4.39 Å². The van der Waals surface area contributed by atoms with Crippen molar-refractivity contribution in [2.45, 2.75) is 6.04 Å². The Balaban J connectivity index is 2.37. The maximum Gasteiger partial charge on any atom is 0.137 e. The molecule has 3 nitrogen and oxygen atoms in total. The van der Waals surface area contributed by atoms with E-state index in [1.807, 2.05) is 0 Å². The molecule has 94 valence electrons. The lowest BCUT2D eigenvalue weighted by Gasteiger charge is -2.14. The molecule has 0 spiro atoms. The molecular formula is C13H12ClFN2O. The van der Waals surface area contributed by atoms with E-state index in [1.54, 1.807) is 30.6 Å². The van der Waals surface area contributed by atoms with E-state index in [2.05, 4.69) is 4.98 Å². The topological polar surface area (TPSA) is 48.1 Å². The maximum atomic E-state index is 13.8. The third-order valence-corrected chi connectivity index (χ3v) is 2.86. The number of nitrogens with two attached hydrogens (primary N) is 1. The second-order valence-electron chi connectivity index (χ2n) is 3.80. The van der Waals surface area contributed by atoms with Crippen molar-refractivity contribution in [3.8, 4) is 5.75 Å². The highest BCUT2D eigenvalue weighted by Gasteiger charge is 2.14. The fraction of sp³-hybridized carbons (Fsp3) is 0.154. The number of aromatic nitrogens is 1. The zero-order valence-electron chi connectivity index (χ0n) is 9.73. The van der Waals surface area contributed by atoms with Crippen LogP contribution in [-0.4, -0.2) is 12.1 Å². The molecule has 18 heavy (non-hydrogen) atoms. The Morgan fingerprint density at radius 2 is 2.11 bits per heavy atom. The summed E-state index contributed by atoms with van der Waals surface area (Å²) in [5.74, 6) is 0.148. The van der Waals surface area contributed by atoms with Gasteiger partial charge in [-0.3, -0.25) is 4.98 Å². The van der Waals surface area contributed by atoms with Gasteiger partial charge in [0.1, 0.15) is 11.6 Å². The summed E-state index contributed by atoms with van der Waals surface area (Å²) in [6.07, 6.45) is 3.15. The minimum atomic E-state index is -0.607. The molecule has 0 amide bonds. The number of benzene rings is 1. The van der Waals surface area contributed by atoms with Gasteiger partial charge < -0.3 is 10.5 Å². The number of hydrogen-bond donors (Lipinski definition) is 1. The number of halogens is 2. The van der Waals surface area contributed by atoms with E-state index in [1.165, 1.54) is 13.2 Å². The first-order chi connectivity index (χ1) is 8.61. The molecule has 1 atom stereocenters. The molecule has 0 aliphatic carbocycles. The average molecular weight is 267 g/mol. The summed E-state index contributed by atoms with van der Waals surface area (Å²) in [6.45, 7) is 0. The van der Waals surface area contributed by atoms with Crippen LogP contribution in [0.25, 0.3) is 0 Å².